The number of nitrogens with zero attached hydrogens (tertiary/aromatic N) is 5. The first-order valence-electron chi connectivity index (χ1n) is 10.2. The molecular weight excluding hydrogens is 399 g/mol. The molecule has 10 heteroatoms. The zero-order chi connectivity index (χ0) is 21.7. The topological polar surface area (TPSA) is 132 Å². The number of piperidine rings is 1. The second-order valence-corrected chi connectivity index (χ2v) is 7.89. The molecule has 0 atom stereocenters. The molecule has 1 saturated heterocycles. The third-order valence-electron chi connectivity index (χ3n) is 5.72. The van der Waals surface area contributed by atoms with Crippen LogP contribution in [0.3, 0.4) is 0 Å². The van der Waals surface area contributed by atoms with Crippen molar-refractivity contribution in [1.29, 1.82) is 0 Å². The number of benzene rings is 1. The second kappa shape index (κ2) is 7.31. The van der Waals surface area contributed by atoms with Crippen molar-refractivity contribution in [3.8, 4) is 11.8 Å². The summed E-state index contributed by atoms with van der Waals surface area (Å²) in [6.07, 6.45) is 4.81. The van der Waals surface area contributed by atoms with Crippen LogP contribution in [0.5, 0.6) is 11.8 Å². The van der Waals surface area contributed by atoms with Crippen molar-refractivity contribution in [3.05, 3.63) is 35.7 Å². The molecule has 1 aliphatic rings. The quantitative estimate of drug-likeness (QED) is 0.429. The number of nitrogens with two attached hydrogens (primary N) is 2. The van der Waals surface area contributed by atoms with Crippen molar-refractivity contribution in [1.82, 2.24) is 24.9 Å². The van der Waals surface area contributed by atoms with Crippen LogP contribution in [0, 0.1) is 19.7 Å². The third kappa shape index (κ3) is 3.38. The molecule has 31 heavy (non-hydrogen) atoms. The standard InChI is InChI=1S/C21H23FN8O/c1-10-14(22)7-15(24)18-16(10)17-19(27-18)28-21(31-13-8-25-11(2)26-9-13)29-20(17)30-5-3-12(23)4-6-30/h7-9,12H,3-6,23-24H2,1-2H3,(H,27,28,29). The Morgan fingerprint density at radius 3 is 2.55 bits per heavy atom. The van der Waals surface area contributed by atoms with Gasteiger partial charge >= 0.3 is 6.01 Å². The summed E-state index contributed by atoms with van der Waals surface area (Å²) in [5, 5.41) is 1.41. The molecular formula is C21H23FN8O. The van der Waals surface area contributed by atoms with Crippen molar-refractivity contribution < 1.29 is 9.13 Å². The van der Waals surface area contributed by atoms with Gasteiger partial charge < -0.3 is 26.1 Å². The van der Waals surface area contributed by atoms with E-state index in [-0.39, 0.29) is 17.9 Å². The molecule has 5 rings (SSSR count). The lowest BCUT2D eigenvalue weighted by Gasteiger charge is -2.31. The van der Waals surface area contributed by atoms with Crippen LogP contribution in [0.2, 0.25) is 0 Å². The fourth-order valence-electron chi connectivity index (χ4n) is 4.01. The number of aryl methyl sites for hydroxylation is 2. The first kappa shape index (κ1) is 19.4. The summed E-state index contributed by atoms with van der Waals surface area (Å²) in [4.78, 5) is 22.9. The van der Waals surface area contributed by atoms with Crippen molar-refractivity contribution in [2.45, 2.75) is 32.7 Å². The Bertz CT molecular complexity index is 1280. The lowest BCUT2D eigenvalue weighted by atomic mass is 10.0. The Morgan fingerprint density at radius 2 is 1.84 bits per heavy atom. The maximum atomic E-state index is 14.5. The molecule has 0 saturated carbocycles. The van der Waals surface area contributed by atoms with Crippen LogP contribution in [0.1, 0.15) is 24.2 Å². The van der Waals surface area contributed by atoms with Crippen LogP contribution in [0.4, 0.5) is 15.9 Å². The van der Waals surface area contributed by atoms with Gasteiger partial charge in [-0.1, -0.05) is 0 Å². The van der Waals surface area contributed by atoms with E-state index in [2.05, 4.69) is 24.8 Å². The minimum Gasteiger partial charge on any atom is -0.421 e. The average Bonchev–Trinajstić information content (AvgIpc) is 3.14. The average molecular weight is 422 g/mol. The van der Waals surface area contributed by atoms with Gasteiger partial charge in [0.1, 0.15) is 23.1 Å². The fourth-order valence-corrected chi connectivity index (χ4v) is 4.01. The molecule has 0 bridgehead atoms. The Kier molecular flexibility index (Phi) is 4.58. The molecule has 0 spiro atoms. The monoisotopic (exact) mass is 422 g/mol. The van der Waals surface area contributed by atoms with E-state index in [1.807, 2.05) is 0 Å². The summed E-state index contributed by atoms with van der Waals surface area (Å²) >= 11 is 0. The van der Waals surface area contributed by atoms with Crippen molar-refractivity contribution in [3.63, 3.8) is 0 Å². The molecule has 4 heterocycles. The van der Waals surface area contributed by atoms with Gasteiger partial charge in [-0.15, -0.1) is 0 Å². The predicted molar refractivity (Wildman–Crippen MR) is 117 cm³/mol. The second-order valence-electron chi connectivity index (χ2n) is 7.89. The Hall–Kier alpha value is -3.53. The van der Waals surface area contributed by atoms with E-state index in [1.54, 1.807) is 26.2 Å². The number of hydrogen-bond acceptors (Lipinski definition) is 8. The summed E-state index contributed by atoms with van der Waals surface area (Å²) in [5.74, 6) is 1.36. The summed E-state index contributed by atoms with van der Waals surface area (Å²) in [6, 6.07) is 1.63. The number of nitrogen functional groups attached to an aromatic ring is 1. The predicted octanol–water partition coefficient (Wildman–Crippen LogP) is 2.96. The molecule has 160 valence electrons. The Morgan fingerprint density at radius 1 is 1.13 bits per heavy atom. The van der Waals surface area contributed by atoms with E-state index in [9.17, 15) is 4.39 Å². The molecule has 4 aromatic rings. The number of ether oxygens (including phenoxy) is 1. The number of aromatic amines is 1. The Balaban J connectivity index is 1.72. The normalized spacial score (nSPS) is 15.2. The molecule has 1 aliphatic heterocycles. The maximum absolute atomic E-state index is 14.5. The minimum atomic E-state index is -0.366. The van der Waals surface area contributed by atoms with Gasteiger partial charge in [-0.25, -0.2) is 14.4 Å². The molecule has 5 N–H and O–H groups in total. The molecule has 0 radical (unpaired) electrons. The first-order chi connectivity index (χ1) is 14.9. The highest BCUT2D eigenvalue weighted by atomic mass is 19.1. The zero-order valence-electron chi connectivity index (χ0n) is 17.3. The van der Waals surface area contributed by atoms with Gasteiger partial charge in [-0.2, -0.15) is 9.97 Å². The number of rotatable bonds is 3. The molecule has 9 nitrogen and oxygen atoms in total. The molecule has 0 amide bonds. The zero-order valence-corrected chi connectivity index (χ0v) is 17.3. The van der Waals surface area contributed by atoms with Gasteiger partial charge in [-0.3, -0.25) is 0 Å². The molecule has 0 unspecified atom stereocenters. The highest BCUT2D eigenvalue weighted by molar-refractivity contribution is 6.15. The van der Waals surface area contributed by atoms with Crippen molar-refractivity contribution >= 4 is 33.4 Å². The van der Waals surface area contributed by atoms with Gasteiger partial charge in [0.05, 0.1) is 29.0 Å². The lowest BCUT2D eigenvalue weighted by Crippen LogP contribution is -2.40. The van der Waals surface area contributed by atoms with Crippen LogP contribution in [0.15, 0.2) is 18.5 Å². The van der Waals surface area contributed by atoms with Gasteiger partial charge in [0.2, 0.25) is 0 Å². The number of fused-ring (bicyclic) bond motifs is 3. The summed E-state index contributed by atoms with van der Waals surface area (Å²) in [5.41, 5.74) is 14.2. The van der Waals surface area contributed by atoms with Gasteiger partial charge in [0.25, 0.3) is 0 Å². The summed E-state index contributed by atoms with van der Waals surface area (Å²) < 4.78 is 20.4. The van der Waals surface area contributed by atoms with Crippen molar-refractivity contribution in [2.24, 2.45) is 5.73 Å². The molecule has 0 aliphatic carbocycles. The maximum Gasteiger partial charge on any atom is 0.326 e. The summed E-state index contributed by atoms with van der Waals surface area (Å²) in [7, 11) is 0. The first-order valence-corrected chi connectivity index (χ1v) is 10.2. The van der Waals surface area contributed by atoms with E-state index < -0.39 is 0 Å². The Labute approximate surface area is 177 Å². The van der Waals surface area contributed by atoms with E-state index in [0.717, 1.165) is 31.3 Å². The molecule has 1 fully saturated rings. The highest BCUT2D eigenvalue weighted by Gasteiger charge is 2.25. The number of aromatic nitrogens is 5. The SMILES string of the molecule is Cc1ncc(Oc2nc(N3CCC(N)CC3)c3c(n2)[nH]c2c(N)cc(F)c(C)c23)cn1. The van der Waals surface area contributed by atoms with Gasteiger partial charge in [-0.05, 0) is 38.3 Å². The van der Waals surface area contributed by atoms with Crippen molar-refractivity contribution in [2.75, 3.05) is 23.7 Å². The number of nitrogens with one attached hydrogen (secondary N) is 1. The van der Waals surface area contributed by atoms with E-state index >= 15 is 0 Å². The smallest absolute Gasteiger partial charge is 0.326 e. The third-order valence-corrected chi connectivity index (χ3v) is 5.72. The molecule has 3 aromatic heterocycles. The van der Waals surface area contributed by atoms with Crippen LogP contribution >= 0.6 is 0 Å². The van der Waals surface area contributed by atoms with Gasteiger partial charge in [0.15, 0.2) is 5.75 Å². The highest BCUT2D eigenvalue weighted by Crippen LogP contribution is 2.39. The van der Waals surface area contributed by atoms with E-state index in [0.29, 0.717) is 45.2 Å². The minimum absolute atomic E-state index is 0.146. The van der Waals surface area contributed by atoms with E-state index in [1.165, 1.54) is 6.07 Å². The largest absolute Gasteiger partial charge is 0.421 e. The van der Waals surface area contributed by atoms with Crippen LogP contribution in [0.25, 0.3) is 21.9 Å². The summed E-state index contributed by atoms with van der Waals surface area (Å²) in [6.45, 7) is 4.99. The number of halogens is 1. The van der Waals surface area contributed by atoms with Crippen LogP contribution in [-0.2, 0) is 0 Å². The van der Waals surface area contributed by atoms with Crippen LogP contribution < -0.4 is 21.1 Å². The fraction of sp³-hybridized carbons (Fsp3) is 0.333. The number of H-pyrrole nitrogens is 1. The van der Waals surface area contributed by atoms with E-state index in [4.69, 9.17) is 21.2 Å². The lowest BCUT2D eigenvalue weighted by molar-refractivity contribution is 0.437. The molecule has 1 aromatic carbocycles. The van der Waals surface area contributed by atoms with Gasteiger partial charge in [0, 0.05) is 24.5 Å². The number of anilines is 2. The number of hydrogen-bond donors (Lipinski definition) is 3. The van der Waals surface area contributed by atoms with Crippen LogP contribution in [-0.4, -0.2) is 44.1 Å².